The van der Waals surface area contributed by atoms with E-state index in [0.29, 0.717) is 0 Å². The van der Waals surface area contributed by atoms with Gasteiger partial charge in [-0.3, -0.25) is 4.68 Å². The lowest BCUT2D eigenvalue weighted by Gasteiger charge is -2.11. The van der Waals surface area contributed by atoms with Crippen LogP contribution in [0.2, 0.25) is 0 Å². The van der Waals surface area contributed by atoms with E-state index in [-0.39, 0.29) is 6.04 Å². The number of benzene rings is 1. The molecule has 0 fully saturated rings. The highest BCUT2D eigenvalue weighted by atomic mass is 15.3. The average molecular weight is 244 g/mol. The van der Waals surface area contributed by atoms with Gasteiger partial charge in [0.1, 0.15) is 12.2 Å². The molecule has 0 spiro atoms. The average Bonchev–Trinajstić information content (AvgIpc) is 2.73. The van der Waals surface area contributed by atoms with Crippen LogP contribution in [-0.4, -0.2) is 20.8 Å². The van der Waals surface area contributed by atoms with Crippen LogP contribution in [0.25, 0.3) is 0 Å². The summed E-state index contributed by atoms with van der Waals surface area (Å²) in [5, 5.41) is 4.05. The highest BCUT2D eigenvalue weighted by Crippen LogP contribution is 2.09. The third-order valence-corrected chi connectivity index (χ3v) is 3.14. The van der Waals surface area contributed by atoms with E-state index in [4.69, 9.17) is 5.73 Å². The Hall–Kier alpha value is -1.68. The predicted molar refractivity (Wildman–Crippen MR) is 72.2 cm³/mol. The van der Waals surface area contributed by atoms with Crippen molar-refractivity contribution in [2.24, 2.45) is 12.8 Å². The van der Waals surface area contributed by atoms with Crippen LogP contribution in [0.15, 0.2) is 30.6 Å². The number of aromatic nitrogens is 3. The van der Waals surface area contributed by atoms with Gasteiger partial charge in [0.05, 0.1) is 0 Å². The minimum Gasteiger partial charge on any atom is -0.327 e. The zero-order valence-corrected chi connectivity index (χ0v) is 11.0. The van der Waals surface area contributed by atoms with E-state index in [2.05, 4.69) is 41.3 Å². The second kappa shape index (κ2) is 5.78. The number of hydrogen-bond acceptors (Lipinski definition) is 3. The third-order valence-electron chi connectivity index (χ3n) is 3.14. The molecule has 1 aromatic heterocycles. The quantitative estimate of drug-likeness (QED) is 0.869. The third kappa shape index (κ3) is 3.40. The number of aryl methyl sites for hydroxylation is 3. The van der Waals surface area contributed by atoms with Crippen LogP contribution >= 0.6 is 0 Å². The van der Waals surface area contributed by atoms with Gasteiger partial charge in [0.15, 0.2) is 0 Å². The first-order valence-corrected chi connectivity index (χ1v) is 6.29. The van der Waals surface area contributed by atoms with Crippen molar-refractivity contribution in [3.8, 4) is 0 Å². The molecule has 1 heterocycles. The summed E-state index contributed by atoms with van der Waals surface area (Å²) >= 11 is 0. The van der Waals surface area contributed by atoms with Gasteiger partial charge in [-0.05, 0) is 25.3 Å². The summed E-state index contributed by atoms with van der Waals surface area (Å²) in [4.78, 5) is 4.20. The van der Waals surface area contributed by atoms with Crippen molar-refractivity contribution in [1.29, 1.82) is 0 Å². The second-order valence-electron chi connectivity index (χ2n) is 4.79. The zero-order chi connectivity index (χ0) is 13.0. The fourth-order valence-corrected chi connectivity index (χ4v) is 2.06. The summed E-state index contributed by atoms with van der Waals surface area (Å²) in [7, 11) is 1.90. The molecule has 0 aliphatic carbocycles. The van der Waals surface area contributed by atoms with Crippen molar-refractivity contribution in [1.82, 2.24) is 14.8 Å². The Morgan fingerprint density at radius 1 is 1.39 bits per heavy atom. The Bertz CT molecular complexity index is 504. The Morgan fingerprint density at radius 2 is 2.22 bits per heavy atom. The Labute approximate surface area is 108 Å². The van der Waals surface area contributed by atoms with Gasteiger partial charge >= 0.3 is 0 Å². The van der Waals surface area contributed by atoms with E-state index in [1.165, 1.54) is 11.1 Å². The van der Waals surface area contributed by atoms with Crippen molar-refractivity contribution in [3.05, 3.63) is 47.5 Å². The van der Waals surface area contributed by atoms with Gasteiger partial charge in [-0.1, -0.05) is 29.8 Å². The van der Waals surface area contributed by atoms with Crippen LogP contribution in [-0.2, 0) is 19.9 Å². The smallest absolute Gasteiger partial charge is 0.138 e. The van der Waals surface area contributed by atoms with Gasteiger partial charge in [-0.25, -0.2) is 4.98 Å². The molecule has 0 aliphatic heterocycles. The van der Waals surface area contributed by atoms with Gasteiger partial charge in [0.2, 0.25) is 0 Å². The van der Waals surface area contributed by atoms with E-state index in [1.54, 1.807) is 11.0 Å². The predicted octanol–water partition coefficient (Wildman–Crippen LogP) is 1.63. The molecule has 4 nitrogen and oxygen atoms in total. The zero-order valence-electron chi connectivity index (χ0n) is 11.0. The van der Waals surface area contributed by atoms with E-state index in [9.17, 15) is 0 Å². The lowest BCUT2D eigenvalue weighted by Crippen LogP contribution is -2.25. The molecule has 2 aromatic rings. The molecule has 0 saturated carbocycles. The molecule has 18 heavy (non-hydrogen) atoms. The molecule has 1 unspecified atom stereocenters. The van der Waals surface area contributed by atoms with Crippen LogP contribution in [0.3, 0.4) is 0 Å². The van der Waals surface area contributed by atoms with Crippen LogP contribution < -0.4 is 5.73 Å². The first kappa shape index (κ1) is 12.8. The molecule has 0 bridgehead atoms. The van der Waals surface area contributed by atoms with Crippen molar-refractivity contribution >= 4 is 0 Å². The molecule has 2 rings (SSSR count). The molecule has 0 radical (unpaired) electrons. The van der Waals surface area contributed by atoms with E-state index in [0.717, 1.165) is 25.1 Å². The second-order valence-corrected chi connectivity index (χ2v) is 4.79. The Kier molecular flexibility index (Phi) is 4.10. The summed E-state index contributed by atoms with van der Waals surface area (Å²) in [6.07, 6.45) is 4.34. The minimum absolute atomic E-state index is 0.133. The van der Waals surface area contributed by atoms with Gasteiger partial charge in [-0.2, -0.15) is 5.10 Å². The highest BCUT2D eigenvalue weighted by Gasteiger charge is 2.08. The standard InChI is InChI=1S/C14H20N4/c1-11-4-3-5-12(8-11)6-7-13(15)9-14-16-10-17-18(14)2/h3-5,8,10,13H,6-7,9,15H2,1-2H3. The Morgan fingerprint density at radius 3 is 2.89 bits per heavy atom. The number of hydrogen-bond donors (Lipinski definition) is 1. The molecule has 96 valence electrons. The molecule has 1 atom stereocenters. The lowest BCUT2D eigenvalue weighted by atomic mass is 10.0. The van der Waals surface area contributed by atoms with Gasteiger partial charge < -0.3 is 5.73 Å². The van der Waals surface area contributed by atoms with Crippen LogP contribution in [0.4, 0.5) is 0 Å². The van der Waals surface area contributed by atoms with Crippen molar-refractivity contribution < 1.29 is 0 Å². The molecular formula is C14H20N4. The Balaban J connectivity index is 1.85. The first-order chi connectivity index (χ1) is 8.65. The van der Waals surface area contributed by atoms with Crippen LogP contribution in [0, 0.1) is 6.92 Å². The lowest BCUT2D eigenvalue weighted by molar-refractivity contribution is 0.570. The van der Waals surface area contributed by atoms with E-state index < -0.39 is 0 Å². The van der Waals surface area contributed by atoms with Gasteiger partial charge in [0, 0.05) is 19.5 Å². The molecular weight excluding hydrogens is 224 g/mol. The number of rotatable bonds is 5. The minimum atomic E-state index is 0.133. The molecule has 0 saturated heterocycles. The summed E-state index contributed by atoms with van der Waals surface area (Å²) < 4.78 is 1.78. The summed E-state index contributed by atoms with van der Waals surface area (Å²) in [5.41, 5.74) is 8.79. The molecule has 4 heteroatoms. The number of nitrogens with zero attached hydrogens (tertiary/aromatic N) is 3. The fraction of sp³-hybridized carbons (Fsp3) is 0.429. The monoisotopic (exact) mass is 244 g/mol. The maximum absolute atomic E-state index is 6.14. The van der Waals surface area contributed by atoms with Crippen LogP contribution in [0.1, 0.15) is 23.4 Å². The van der Waals surface area contributed by atoms with Crippen molar-refractivity contribution in [2.75, 3.05) is 0 Å². The van der Waals surface area contributed by atoms with Crippen molar-refractivity contribution in [2.45, 2.75) is 32.2 Å². The SMILES string of the molecule is Cc1cccc(CCC(N)Cc2ncnn2C)c1. The maximum atomic E-state index is 6.14. The topological polar surface area (TPSA) is 56.7 Å². The summed E-state index contributed by atoms with van der Waals surface area (Å²) in [5.74, 6) is 0.951. The summed E-state index contributed by atoms with van der Waals surface area (Å²) in [6.45, 7) is 2.11. The largest absolute Gasteiger partial charge is 0.327 e. The first-order valence-electron chi connectivity index (χ1n) is 6.29. The van der Waals surface area contributed by atoms with Crippen molar-refractivity contribution in [3.63, 3.8) is 0 Å². The van der Waals surface area contributed by atoms with E-state index >= 15 is 0 Å². The summed E-state index contributed by atoms with van der Waals surface area (Å²) in [6, 6.07) is 8.72. The van der Waals surface area contributed by atoms with Gasteiger partial charge in [-0.15, -0.1) is 0 Å². The fourth-order valence-electron chi connectivity index (χ4n) is 2.06. The van der Waals surface area contributed by atoms with E-state index in [1.807, 2.05) is 7.05 Å². The molecule has 0 aliphatic rings. The maximum Gasteiger partial charge on any atom is 0.138 e. The number of nitrogens with two attached hydrogens (primary N) is 1. The highest BCUT2D eigenvalue weighted by molar-refractivity contribution is 5.22. The molecule has 1 aromatic carbocycles. The molecule has 2 N–H and O–H groups in total. The van der Waals surface area contributed by atoms with Gasteiger partial charge in [0.25, 0.3) is 0 Å². The molecule has 0 amide bonds. The van der Waals surface area contributed by atoms with Crippen LogP contribution in [0.5, 0.6) is 0 Å². The normalized spacial score (nSPS) is 12.6.